The Labute approximate surface area is 251 Å². The van der Waals surface area contributed by atoms with E-state index in [0.29, 0.717) is 40.9 Å². The molecule has 2 unspecified atom stereocenters. The number of fused-ring (bicyclic) bond motifs is 2. The lowest BCUT2D eigenvalue weighted by molar-refractivity contribution is 0.222. The van der Waals surface area contributed by atoms with Gasteiger partial charge >= 0.3 is 0 Å². The van der Waals surface area contributed by atoms with Gasteiger partial charge < -0.3 is 29.2 Å². The highest BCUT2D eigenvalue weighted by molar-refractivity contribution is 5.62. The molecule has 4 aromatic rings. The van der Waals surface area contributed by atoms with Crippen LogP contribution in [0.3, 0.4) is 0 Å². The van der Waals surface area contributed by atoms with Crippen LogP contribution in [0.15, 0.2) is 60.7 Å². The average molecular weight is 581 g/mol. The SMILES string of the molecule is COc1cc2c3cc1Oc1cc(ccc1O)CC1c4c(cc(OC)c(O)c4Oc4ccc(cc4)C3N(C)CC2)CCN1C. The molecular formula is C35H36N2O6. The molecule has 4 heterocycles. The number of methoxy groups -OCH3 is 2. The van der Waals surface area contributed by atoms with Crippen LogP contribution >= 0.6 is 0 Å². The van der Waals surface area contributed by atoms with Crippen LogP contribution in [0.25, 0.3) is 0 Å². The number of rotatable bonds is 2. The van der Waals surface area contributed by atoms with Gasteiger partial charge in [-0.15, -0.1) is 0 Å². The Bertz CT molecular complexity index is 1700. The van der Waals surface area contributed by atoms with Crippen molar-refractivity contribution in [3.63, 3.8) is 0 Å². The topological polar surface area (TPSA) is 83.9 Å². The fourth-order valence-corrected chi connectivity index (χ4v) is 6.82. The molecule has 0 spiro atoms. The lowest BCUT2D eigenvalue weighted by Crippen LogP contribution is -2.33. The third-order valence-corrected chi connectivity index (χ3v) is 9.15. The molecule has 0 saturated heterocycles. The molecule has 0 amide bonds. The Morgan fingerprint density at radius 1 is 0.767 bits per heavy atom. The smallest absolute Gasteiger partial charge is 0.201 e. The van der Waals surface area contributed by atoms with Crippen molar-refractivity contribution in [3.05, 3.63) is 94.0 Å². The predicted molar refractivity (Wildman–Crippen MR) is 163 cm³/mol. The van der Waals surface area contributed by atoms with E-state index < -0.39 is 0 Å². The standard InChI is InChI=1S/C35H36N2O6/c1-36-13-12-23-18-31(41-4)34(39)35-32(23)26(36)15-20-5-10-27(38)28(16-20)43-30-19-25-22(17-29(30)40-3)11-14-37(2)33(25)21-6-8-24(42-35)9-7-21/h5-10,16-19,26,33,38-39H,11-15H2,1-4H3. The molecule has 0 aromatic heterocycles. The van der Waals surface area contributed by atoms with E-state index in [1.54, 1.807) is 20.3 Å². The second kappa shape index (κ2) is 10.7. The van der Waals surface area contributed by atoms with Crippen molar-refractivity contribution < 1.29 is 29.2 Å². The van der Waals surface area contributed by atoms with Crippen molar-refractivity contribution >= 4 is 0 Å². The molecule has 43 heavy (non-hydrogen) atoms. The maximum absolute atomic E-state index is 11.4. The quantitative estimate of drug-likeness (QED) is 0.283. The normalized spacial score (nSPS) is 19.5. The van der Waals surface area contributed by atoms with Gasteiger partial charge in [-0.05, 0) is 104 Å². The molecule has 222 valence electrons. The van der Waals surface area contributed by atoms with Crippen LogP contribution in [-0.4, -0.2) is 61.4 Å². The highest BCUT2D eigenvalue weighted by Crippen LogP contribution is 2.50. The Kier molecular flexibility index (Phi) is 6.83. The van der Waals surface area contributed by atoms with Gasteiger partial charge in [0.1, 0.15) is 5.75 Å². The predicted octanol–water partition coefficient (Wildman–Crippen LogP) is 6.36. The number of benzene rings is 4. The molecule has 0 aliphatic carbocycles. The molecule has 8 rings (SSSR count). The minimum Gasteiger partial charge on any atom is -0.504 e. The maximum atomic E-state index is 11.4. The van der Waals surface area contributed by atoms with Crippen LogP contribution in [0.2, 0.25) is 0 Å². The van der Waals surface area contributed by atoms with Crippen LogP contribution < -0.4 is 18.9 Å². The number of ether oxygens (including phenoxy) is 4. The molecule has 2 N–H and O–H groups in total. The third-order valence-electron chi connectivity index (χ3n) is 9.15. The van der Waals surface area contributed by atoms with Gasteiger partial charge in [-0.25, -0.2) is 0 Å². The van der Waals surface area contributed by atoms with Gasteiger partial charge in [-0.1, -0.05) is 18.2 Å². The van der Waals surface area contributed by atoms with E-state index in [1.165, 1.54) is 5.56 Å². The van der Waals surface area contributed by atoms with E-state index in [2.05, 4.69) is 42.1 Å². The first-order valence-electron chi connectivity index (χ1n) is 14.7. The maximum Gasteiger partial charge on any atom is 0.201 e. The fraction of sp³-hybridized carbons (Fsp3) is 0.314. The number of likely N-dealkylation sites (N-methyl/N-ethyl adjacent to an activating group) is 2. The minimum atomic E-state index is -0.101. The van der Waals surface area contributed by atoms with E-state index in [0.717, 1.165) is 53.7 Å². The molecule has 8 nitrogen and oxygen atoms in total. The minimum absolute atomic E-state index is 0.0157. The zero-order valence-corrected chi connectivity index (χ0v) is 24.9. The van der Waals surface area contributed by atoms with E-state index >= 15 is 0 Å². The number of nitrogens with zero attached hydrogens (tertiary/aromatic N) is 2. The molecule has 6 bridgehead atoms. The molecule has 4 aliphatic rings. The molecule has 4 aliphatic heterocycles. The van der Waals surface area contributed by atoms with E-state index in [4.69, 9.17) is 18.9 Å². The lowest BCUT2D eigenvalue weighted by atomic mass is 9.87. The second-order valence-electron chi connectivity index (χ2n) is 11.7. The Morgan fingerprint density at radius 3 is 2.26 bits per heavy atom. The van der Waals surface area contributed by atoms with Gasteiger partial charge in [0.2, 0.25) is 5.75 Å². The molecule has 0 fully saturated rings. The highest BCUT2D eigenvalue weighted by Gasteiger charge is 2.33. The summed E-state index contributed by atoms with van der Waals surface area (Å²) < 4.78 is 24.3. The monoisotopic (exact) mass is 580 g/mol. The van der Waals surface area contributed by atoms with Gasteiger partial charge in [0.25, 0.3) is 0 Å². The molecular weight excluding hydrogens is 544 g/mol. The summed E-state index contributed by atoms with van der Waals surface area (Å²) in [5.41, 5.74) is 6.42. The van der Waals surface area contributed by atoms with Crippen molar-refractivity contribution in [2.75, 3.05) is 41.4 Å². The van der Waals surface area contributed by atoms with E-state index in [1.807, 2.05) is 36.4 Å². The summed E-state index contributed by atoms with van der Waals surface area (Å²) in [5.74, 6) is 3.01. The van der Waals surface area contributed by atoms with Crippen molar-refractivity contribution in [3.8, 4) is 46.0 Å². The summed E-state index contributed by atoms with van der Waals surface area (Å²) in [5, 5.41) is 22.3. The largest absolute Gasteiger partial charge is 0.504 e. The Hall–Kier alpha value is -4.40. The molecule has 2 atom stereocenters. The summed E-state index contributed by atoms with van der Waals surface area (Å²) in [7, 11) is 7.41. The lowest BCUT2D eigenvalue weighted by Gasteiger charge is -2.36. The third kappa shape index (κ3) is 4.71. The number of phenols is 2. The fourth-order valence-electron chi connectivity index (χ4n) is 6.82. The highest BCUT2D eigenvalue weighted by atomic mass is 16.5. The first-order valence-corrected chi connectivity index (χ1v) is 14.7. The number of hydrogen-bond acceptors (Lipinski definition) is 8. The Balaban J connectivity index is 1.45. The summed E-state index contributed by atoms with van der Waals surface area (Å²) in [6, 6.07) is 19.5. The summed E-state index contributed by atoms with van der Waals surface area (Å²) in [4.78, 5) is 4.60. The zero-order valence-electron chi connectivity index (χ0n) is 24.9. The number of aromatic hydroxyl groups is 2. The van der Waals surface area contributed by atoms with Gasteiger partial charge in [0.05, 0.1) is 20.3 Å². The van der Waals surface area contributed by atoms with Crippen molar-refractivity contribution in [1.82, 2.24) is 9.80 Å². The first-order chi connectivity index (χ1) is 20.8. The van der Waals surface area contributed by atoms with Crippen LogP contribution in [0.1, 0.15) is 45.5 Å². The Morgan fingerprint density at radius 2 is 1.49 bits per heavy atom. The van der Waals surface area contributed by atoms with Gasteiger partial charge in [0, 0.05) is 24.7 Å². The van der Waals surface area contributed by atoms with E-state index in [-0.39, 0.29) is 23.6 Å². The second-order valence-corrected chi connectivity index (χ2v) is 11.7. The average Bonchev–Trinajstić information content (AvgIpc) is 3.01. The van der Waals surface area contributed by atoms with Crippen molar-refractivity contribution in [2.24, 2.45) is 0 Å². The molecule has 4 aromatic carbocycles. The molecule has 8 heteroatoms. The summed E-state index contributed by atoms with van der Waals surface area (Å²) in [6.45, 7) is 1.73. The van der Waals surface area contributed by atoms with E-state index in [9.17, 15) is 10.2 Å². The zero-order chi connectivity index (χ0) is 29.8. The first kappa shape index (κ1) is 27.4. The van der Waals surface area contributed by atoms with Gasteiger partial charge in [-0.3, -0.25) is 9.80 Å². The van der Waals surface area contributed by atoms with Crippen LogP contribution in [0.4, 0.5) is 0 Å². The molecule has 0 radical (unpaired) electrons. The molecule has 0 saturated carbocycles. The summed E-state index contributed by atoms with van der Waals surface area (Å²) >= 11 is 0. The number of phenolic OH excluding ortho intramolecular Hbond substituents is 2. The summed E-state index contributed by atoms with van der Waals surface area (Å²) in [6.07, 6.45) is 2.29. The van der Waals surface area contributed by atoms with Crippen molar-refractivity contribution in [2.45, 2.75) is 31.3 Å². The van der Waals surface area contributed by atoms with Crippen LogP contribution in [-0.2, 0) is 19.3 Å². The van der Waals surface area contributed by atoms with Crippen LogP contribution in [0, 0.1) is 0 Å². The van der Waals surface area contributed by atoms with Crippen molar-refractivity contribution in [1.29, 1.82) is 0 Å². The van der Waals surface area contributed by atoms with Gasteiger partial charge in [0.15, 0.2) is 34.5 Å². The number of hydrogen-bond donors (Lipinski definition) is 2. The van der Waals surface area contributed by atoms with Crippen LogP contribution in [0.5, 0.6) is 46.0 Å². The van der Waals surface area contributed by atoms with Gasteiger partial charge in [-0.2, -0.15) is 0 Å².